The number of nitrogens with zero attached hydrogens (tertiary/aromatic N) is 4. The lowest BCUT2D eigenvalue weighted by molar-refractivity contribution is 1.28. The molecule has 0 fully saturated rings. The zero-order chi connectivity index (χ0) is 37.8. The molecule has 0 saturated carbocycles. The molecule has 4 heterocycles. The molecule has 0 N–H and O–H groups in total. The van der Waals surface area contributed by atoms with Crippen LogP contribution in [0.2, 0.25) is 26.2 Å². The second kappa shape index (κ2) is 12.4. The Labute approximate surface area is 337 Å². The summed E-state index contributed by atoms with van der Waals surface area (Å²) < 4.78 is 2.37. The normalized spacial score (nSPS) is 15.0. The first-order valence-corrected chi connectivity index (χ1v) is 26.8. The summed E-state index contributed by atoms with van der Waals surface area (Å²) in [5.74, 6) is 0. The van der Waals surface area contributed by atoms with E-state index < -0.39 is 16.1 Å². The van der Waals surface area contributed by atoms with E-state index in [0.29, 0.717) is 0 Å². The zero-order valence-corrected chi connectivity index (χ0v) is 35.2. The molecular weight excluding hydrogens is 753 g/mol. The molecule has 0 bridgehead atoms. The highest BCUT2D eigenvalue weighted by Crippen LogP contribution is 2.42. The first-order chi connectivity index (χ1) is 27.3. The number of hydrogen-bond acceptors (Lipinski definition) is 6. The van der Waals surface area contributed by atoms with Crippen molar-refractivity contribution >= 4 is 114 Å². The highest BCUT2D eigenvalue weighted by atomic mass is 32.1. The van der Waals surface area contributed by atoms with Crippen LogP contribution in [0.15, 0.2) is 158 Å². The molecule has 7 aromatic carbocycles. The Kier molecular flexibility index (Phi) is 7.47. The quantitative estimate of drug-likeness (QED) is 0.166. The highest BCUT2D eigenvalue weighted by Gasteiger charge is 2.39. The van der Waals surface area contributed by atoms with Gasteiger partial charge in [-0.1, -0.05) is 99.0 Å². The van der Waals surface area contributed by atoms with Crippen LogP contribution in [-0.2, 0) is 0 Å². The number of aromatic nitrogens is 2. The number of fused-ring (bicyclic) bond motifs is 6. The molecule has 11 rings (SSSR count). The van der Waals surface area contributed by atoms with Gasteiger partial charge in [-0.05, 0) is 106 Å². The molecule has 270 valence electrons. The van der Waals surface area contributed by atoms with Gasteiger partial charge in [-0.2, -0.15) is 0 Å². The van der Waals surface area contributed by atoms with Gasteiger partial charge in [-0.15, -0.1) is 22.7 Å². The van der Waals surface area contributed by atoms with Crippen LogP contribution >= 0.6 is 22.7 Å². The molecule has 0 radical (unpaired) electrons. The van der Waals surface area contributed by atoms with Crippen molar-refractivity contribution in [1.29, 1.82) is 0 Å². The van der Waals surface area contributed by atoms with Gasteiger partial charge in [0.2, 0.25) is 0 Å². The molecule has 56 heavy (non-hydrogen) atoms. The Bertz CT molecular complexity index is 2650. The molecule has 2 aliphatic rings. The average Bonchev–Trinajstić information content (AvgIpc) is 3.84. The van der Waals surface area contributed by atoms with E-state index in [1.54, 1.807) is 22.7 Å². The standard InChI is InChI=1S/C48H38N4S2Si2/c1-55(2)43-17-9-5-13-37(43)51(38-14-6-10-18-44(38)55)33-25-21-31(22-26-33)47-49-35-29-36-42(30-41(35)53-47)54-48(50-36)32-23-27-34(28-24-32)52-39-15-7-11-19-45(39)56(3,4)46-20-12-8-16-40(46)52/h5-30H,1-4H3. The van der Waals surface area contributed by atoms with Crippen LogP contribution in [0.25, 0.3) is 41.6 Å². The van der Waals surface area contributed by atoms with Crippen molar-refractivity contribution in [3.63, 3.8) is 0 Å². The average molecular weight is 791 g/mol. The molecule has 2 aliphatic heterocycles. The van der Waals surface area contributed by atoms with Gasteiger partial charge in [0.1, 0.15) is 26.2 Å². The predicted octanol–water partition coefficient (Wildman–Crippen LogP) is 11.5. The lowest BCUT2D eigenvalue weighted by atomic mass is 10.1. The molecule has 9 aromatic rings. The SMILES string of the molecule is C[Si]1(C)c2ccccc2N(c2ccc(-c3nc4cc5nc(-c6ccc(N7c8ccccc8[Si](C)(C)c8ccccc87)cc6)sc5cc4s3)cc2)c2ccccc21. The predicted molar refractivity (Wildman–Crippen MR) is 247 cm³/mol. The Hall–Kier alpha value is -5.65. The Morgan fingerprint density at radius 2 is 0.714 bits per heavy atom. The number of rotatable bonds is 4. The van der Waals surface area contributed by atoms with Crippen LogP contribution < -0.4 is 30.5 Å². The van der Waals surface area contributed by atoms with Crippen molar-refractivity contribution in [2.24, 2.45) is 0 Å². The Morgan fingerprint density at radius 3 is 1.05 bits per heavy atom. The summed E-state index contributed by atoms with van der Waals surface area (Å²) >= 11 is 3.50. The fraction of sp³-hybridized carbons (Fsp3) is 0.0833. The molecule has 4 nitrogen and oxygen atoms in total. The van der Waals surface area contributed by atoms with Gasteiger partial charge in [0.25, 0.3) is 0 Å². The van der Waals surface area contributed by atoms with E-state index in [1.165, 1.54) is 64.3 Å². The minimum atomic E-state index is -1.82. The van der Waals surface area contributed by atoms with Crippen LogP contribution in [-0.4, -0.2) is 26.1 Å². The third-order valence-corrected chi connectivity index (χ3v) is 21.1. The van der Waals surface area contributed by atoms with Crippen molar-refractivity contribution in [2.45, 2.75) is 26.2 Å². The summed E-state index contributed by atoms with van der Waals surface area (Å²) in [4.78, 5) is 15.1. The van der Waals surface area contributed by atoms with Gasteiger partial charge < -0.3 is 9.80 Å². The number of benzene rings is 7. The largest absolute Gasteiger partial charge is 0.311 e. The van der Waals surface area contributed by atoms with Crippen LogP contribution in [0.3, 0.4) is 0 Å². The summed E-state index contributed by atoms with van der Waals surface area (Å²) in [7, 11) is -3.63. The van der Waals surface area contributed by atoms with Crippen LogP contribution in [0.4, 0.5) is 34.1 Å². The number of thiazole rings is 2. The molecule has 0 unspecified atom stereocenters. The summed E-state index contributed by atoms with van der Waals surface area (Å²) in [6.45, 7) is 9.86. The van der Waals surface area contributed by atoms with Crippen molar-refractivity contribution in [3.05, 3.63) is 158 Å². The van der Waals surface area contributed by atoms with E-state index in [1.807, 2.05) is 0 Å². The fourth-order valence-corrected chi connectivity index (χ4v) is 17.0. The Balaban J connectivity index is 0.889. The third-order valence-electron chi connectivity index (χ3n) is 11.9. The van der Waals surface area contributed by atoms with Crippen LogP contribution in [0, 0.1) is 0 Å². The van der Waals surface area contributed by atoms with Crippen LogP contribution in [0.5, 0.6) is 0 Å². The molecule has 0 spiro atoms. The maximum atomic E-state index is 5.13. The number of para-hydroxylation sites is 4. The Morgan fingerprint density at radius 1 is 0.393 bits per heavy atom. The molecule has 8 heteroatoms. The van der Waals surface area contributed by atoms with Gasteiger partial charge in [-0.25, -0.2) is 9.97 Å². The minimum absolute atomic E-state index is 0.994. The minimum Gasteiger partial charge on any atom is -0.311 e. The maximum Gasteiger partial charge on any atom is 0.124 e. The molecular formula is C48H38N4S2Si2. The maximum absolute atomic E-state index is 5.13. The van der Waals surface area contributed by atoms with Gasteiger partial charge in [0, 0.05) is 45.3 Å². The molecule has 2 aromatic heterocycles. The van der Waals surface area contributed by atoms with Crippen molar-refractivity contribution in [2.75, 3.05) is 9.80 Å². The van der Waals surface area contributed by atoms with E-state index >= 15 is 0 Å². The highest BCUT2D eigenvalue weighted by molar-refractivity contribution is 7.23. The van der Waals surface area contributed by atoms with E-state index in [4.69, 9.17) is 9.97 Å². The van der Waals surface area contributed by atoms with Crippen molar-refractivity contribution < 1.29 is 0 Å². The lowest BCUT2D eigenvalue weighted by Crippen LogP contribution is -2.58. The molecule has 0 saturated heterocycles. The zero-order valence-electron chi connectivity index (χ0n) is 31.6. The number of anilines is 6. The second-order valence-electron chi connectivity index (χ2n) is 15.9. The summed E-state index contributed by atoms with van der Waals surface area (Å²) in [5, 5.41) is 7.96. The van der Waals surface area contributed by atoms with E-state index in [9.17, 15) is 0 Å². The van der Waals surface area contributed by atoms with Crippen LogP contribution in [0.1, 0.15) is 0 Å². The van der Waals surface area contributed by atoms with Crippen molar-refractivity contribution in [3.8, 4) is 21.1 Å². The lowest BCUT2D eigenvalue weighted by Gasteiger charge is -2.41. The summed E-state index contributed by atoms with van der Waals surface area (Å²) in [6, 6.07) is 58.1. The molecule has 0 atom stereocenters. The van der Waals surface area contributed by atoms with E-state index in [0.717, 1.165) is 32.2 Å². The first-order valence-electron chi connectivity index (χ1n) is 19.2. The topological polar surface area (TPSA) is 32.3 Å². The fourth-order valence-electron chi connectivity index (χ4n) is 9.00. The summed E-state index contributed by atoms with van der Waals surface area (Å²) in [6.07, 6.45) is 0. The third kappa shape index (κ3) is 5.06. The van der Waals surface area contributed by atoms with Gasteiger partial charge >= 0.3 is 0 Å². The van der Waals surface area contributed by atoms with Crippen molar-refractivity contribution in [1.82, 2.24) is 9.97 Å². The molecule has 0 aliphatic carbocycles. The van der Waals surface area contributed by atoms with Gasteiger partial charge in [-0.3, -0.25) is 0 Å². The summed E-state index contributed by atoms with van der Waals surface area (Å²) in [5.41, 5.74) is 11.8. The second-order valence-corrected chi connectivity index (χ2v) is 26.6. The first kappa shape index (κ1) is 33.7. The monoisotopic (exact) mass is 790 g/mol. The molecule has 0 amide bonds. The van der Waals surface area contributed by atoms with E-state index in [2.05, 4.69) is 194 Å². The van der Waals surface area contributed by atoms with Gasteiger partial charge in [0.15, 0.2) is 0 Å². The smallest absolute Gasteiger partial charge is 0.124 e. The number of hydrogen-bond donors (Lipinski definition) is 0. The van der Waals surface area contributed by atoms with E-state index in [-0.39, 0.29) is 0 Å². The van der Waals surface area contributed by atoms with Gasteiger partial charge in [0.05, 0.1) is 20.4 Å².